The Hall–Kier alpha value is -1.79. The van der Waals surface area contributed by atoms with Gasteiger partial charge in [-0.2, -0.15) is 10.3 Å². The van der Waals surface area contributed by atoms with Crippen molar-refractivity contribution in [2.24, 2.45) is 0 Å². The van der Waals surface area contributed by atoms with Gasteiger partial charge in [-0.05, 0) is 5.21 Å². The molecule has 2 aromatic heterocycles. The second kappa shape index (κ2) is 1.87. The van der Waals surface area contributed by atoms with Gasteiger partial charge in [0.25, 0.3) is 11.5 Å². The highest BCUT2D eigenvalue weighted by Crippen LogP contribution is 2.02. The number of tetrazole rings is 1. The average molecular weight is 138 g/mol. The highest BCUT2D eigenvalue weighted by Gasteiger charge is 2.10. The van der Waals surface area contributed by atoms with Crippen molar-refractivity contribution in [2.75, 3.05) is 0 Å². The van der Waals surface area contributed by atoms with Gasteiger partial charge < -0.3 is 0 Å². The second-order valence-corrected chi connectivity index (χ2v) is 1.63. The van der Waals surface area contributed by atoms with Crippen LogP contribution in [0.2, 0.25) is 0 Å². The number of aromatic amines is 3. The van der Waals surface area contributed by atoms with E-state index in [1.165, 1.54) is 0 Å². The maximum Gasteiger partial charge on any atom is 0.289 e. The smallest absolute Gasteiger partial charge is 0.177 e. The number of H-pyrrole nitrogens is 3. The van der Waals surface area contributed by atoms with E-state index in [2.05, 4.69) is 36.0 Å². The molecule has 0 radical (unpaired) electrons. The Kier molecular flexibility index (Phi) is 0.938. The van der Waals surface area contributed by atoms with Crippen molar-refractivity contribution in [3.8, 4) is 11.5 Å². The lowest BCUT2D eigenvalue weighted by atomic mass is 10.5. The third kappa shape index (κ3) is 0.642. The highest BCUT2D eigenvalue weighted by atomic mass is 15.5. The largest absolute Gasteiger partial charge is 0.289 e. The predicted octanol–water partition coefficient (Wildman–Crippen LogP) is -1.60. The van der Waals surface area contributed by atoms with Gasteiger partial charge in [0.15, 0.2) is 6.20 Å². The Morgan fingerprint density at radius 1 is 1.40 bits per heavy atom. The molecule has 0 saturated heterocycles. The molecule has 3 N–H and O–H groups in total. The summed E-state index contributed by atoms with van der Waals surface area (Å²) in [7, 11) is 0. The first kappa shape index (κ1) is 5.03. The Bertz CT molecular complexity index is 248. The van der Waals surface area contributed by atoms with Crippen LogP contribution in [0, 0.1) is 0 Å². The summed E-state index contributed by atoms with van der Waals surface area (Å²) in [6.45, 7) is 0. The molecule has 50 valence electrons. The van der Waals surface area contributed by atoms with Crippen LogP contribution in [0.3, 0.4) is 0 Å². The molecule has 0 bridgehead atoms. The summed E-state index contributed by atoms with van der Waals surface area (Å²) in [4.78, 5) is 0. The first-order chi connectivity index (χ1) is 4.97. The Labute approximate surface area is 54.8 Å². The highest BCUT2D eigenvalue weighted by molar-refractivity contribution is 5.42. The van der Waals surface area contributed by atoms with Crippen LogP contribution in [0.25, 0.3) is 11.5 Å². The van der Waals surface area contributed by atoms with Gasteiger partial charge in [0, 0.05) is 5.10 Å². The van der Waals surface area contributed by atoms with Crippen molar-refractivity contribution in [3.63, 3.8) is 0 Å². The number of rotatable bonds is 1. The Balaban J connectivity index is 2.48. The standard InChI is InChI=1S/C3H3N7/c1-2(5-8-4-1)3-6-9-10-7-3/h1H,(H,4,5,8)(H,6,7,9,10)/p+1. The van der Waals surface area contributed by atoms with E-state index >= 15 is 0 Å². The van der Waals surface area contributed by atoms with E-state index in [9.17, 15) is 0 Å². The monoisotopic (exact) mass is 138 g/mol. The van der Waals surface area contributed by atoms with Gasteiger partial charge in [0.2, 0.25) is 0 Å². The molecule has 0 aliphatic heterocycles. The van der Waals surface area contributed by atoms with Crippen molar-refractivity contribution >= 4 is 0 Å². The van der Waals surface area contributed by atoms with E-state index < -0.39 is 0 Å². The zero-order chi connectivity index (χ0) is 6.81. The summed E-state index contributed by atoms with van der Waals surface area (Å²) >= 11 is 0. The zero-order valence-corrected chi connectivity index (χ0v) is 4.87. The van der Waals surface area contributed by atoms with Crippen molar-refractivity contribution in [1.29, 1.82) is 0 Å². The molecule has 0 unspecified atom stereocenters. The summed E-state index contributed by atoms with van der Waals surface area (Å²) < 4.78 is 0. The minimum atomic E-state index is 0.470. The van der Waals surface area contributed by atoms with Crippen molar-refractivity contribution in [1.82, 2.24) is 30.9 Å². The van der Waals surface area contributed by atoms with Gasteiger partial charge in [-0.1, -0.05) is 5.21 Å². The lowest BCUT2D eigenvalue weighted by Gasteiger charge is -1.69. The molecule has 2 rings (SSSR count). The van der Waals surface area contributed by atoms with Gasteiger partial charge in [-0.15, -0.1) is 10.2 Å². The topological polar surface area (TPSA) is 97.3 Å². The maximum absolute atomic E-state index is 3.79. The first-order valence-corrected chi connectivity index (χ1v) is 2.62. The van der Waals surface area contributed by atoms with Crippen LogP contribution < -0.4 is 5.10 Å². The van der Waals surface area contributed by atoms with Crippen LogP contribution in [0.1, 0.15) is 0 Å². The zero-order valence-electron chi connectivity index (χ0n) is 4.87. The summed E-state index contributed by atoms with van der Waals surface area (Å²) in [5, 5.41) is 22.1. The second-order valence-electron chi connectivity index (χ2n) is 1.63. The fourth-order valence-electron chi connectivity index (χ4n) is 0.610. The quantitative estimate of drug-likeness (QED) is 0.496. The minimum absolute atomic E-state index is 0.470. The lowest BCUT2D eigenvalue weighted by molar-refractivity contribution is -0.454. The van der Waals surface area contributed by atoms with Gasteiger partial charge in [0.05, 0.1) is 0 Å². The van der Waals surface area contributed by atoms with Gasteiger partial charge in [0.1, 0.15) is 0 Å². The van der Waals surface area contributed by atoms with Crippen molar-refractivity contribution in [3.05, 3.63) is 6.20 Å². The van der Waals surface area contributed by atoms with Gasteiger partial charge in [-0.3, -0.25) is 0 Å². The van der Waals surface area contributed by atoms with Crippen LogP contribution in [-0.4, -0.2) is 30.9 Å². The van der Waals surface area contributed by atoms with Gasteiger partial charge >= 0.3 is 0 Å². The molecule has 0 amide bonds. The van der Waals surface area contributed by atoms with Crippen molar-refractivity contribution < 1.29 is 5.10 Å². The number of hydrogen-bond donors (Lipinski definition) is 2. The van der Waals surface area contributed by atoms with E-state index in [4.69, 9.17) is 0 Å². The molecule has 7 heteroatoms. The Morgan fingerprint density at radius 3 is 3.00 bits per heavy atom. The van der Waals surface area contributed by atoms with Crippen LogP contribution in [0.5, 0.6) is 0 Å². The molecule has 0 spiro atoms. The van der Waals surface area contributed by atoms with E-state index in [0.717, 1.165) is 0 Å². The summed E-state index contributed by atoms with van der Waals surface area (Å²) in [6.07, 6.45) is 1.64. The molecule has 0 aromatic carbocycles. The lowest BCUT2D eigenvalue weighted by Crippen LogP contribution is -1.97. The van der Waals surface area contributed by atoms with E-state index in [0.29, 0.717) is 11.5 Å². The van der Waals surface area contributed by atoms with Gasteiger partial charge in [-0.25, -0.2) is 0 Å². The van der Waals surface area contributed by atoms with Crippen LogP contribution in [-0.2, 0) is 0 Å². The number of hydrogen-bond acceptors (Lipinski definition) is 4. The molecule has 0 fully saturated rings. The Morgan fingerprint density at radius 2 is 2.40 bits per heavy atom. The molecule has 0 aliphatic rings. The van der Waals surface area contributed by atoms with Crippen LogP contribution in [0.15, 0.2) is 6.20 Å². The van der Waals surface area contributed by atoms with Crippen LogP contribution >= 0.6 is 0 Å². The molecular weight excluding hydrogens is 134 g/mol. The molecule has 7 nitrogen and oxygen atoms in total. The molecular formula is C3H4N7+. The number of nitrogens with zero attached hydrogens (tertiary/aromatic N) is 4. The average Bonchev–Trinajstić information content (AvgIpc) is 2.59. The maximum atomic E-state index is 3.79. The first-order valence-electron chi connectivity index (χ1n) is 2.62. The summed E-state index contributed by atoms with van der Waals surface area (Å²) in [5.41, 5.74) is 0.633. The molecule has 0 aliphatic carbocycles. The van der Waals surface area contributed by atoms with E-state index in [1.807, 2.05) is 0 Å². The summed E-state index contributed by atoms with van der Waals surface area (Å²) in [6, 6.07) is 0. The molecule has 2 aromatic rings. The predicted molar refractivity (Wildman–Crippen MR) is 28.3 cm³/mol. The van der Waals surface area contributed by atoms with E-state index in [1.54, 1.807) is 6.20 Å². The van der Waals surface area contributed by atoms with E-state index in [-0.39, 0.29) is 0 Å². The fraction of sp³-hybridized carbons (Fsp3) is 0. The molecule has 10 heavy (non-hydrogen) atoms. The molecule has 0 saturated carbocycles. The number of aromatic nitrogens is 7. The van der Waals surface area contributed by atoms with Crippen molar-refractivity contribution in [2.45, 2.75) is 0 Å². The number of nitrogens with one attached hydrogen (secondary N) is 3. The minimum Gasteiger partial charge on any atom is -0.177 e. The SMILES string of the molecule is c1[nH+][nH]nc1-c1nn[nH]n1. The summed E-state index contributed by atoms with van der Waals surface area (Å²) in [5.74, 6) is 0.470. The normalized spacial score (nSPS) is 10.0. The molecule has 0 atom stereocenters. The van der Waals surface area contributed by atoms with Crippen LogP contribution in [0.4, 0.5) is 0 Å². The third-order valence-electron chi connectivity index (χ3n) is 1.02. The molecule has 2 heterocycles. The third-order valence-corrected chi connectivity index (χ3v) is 1.02. The fourth-order valence-corrected chi connectivity index (χ4v) is 0.610.